The molecule has 0 aromatic carbocycles. The summed E-state index contributed by atoms with van der Waals surface area (Å²) in [5.74, 6) is -0.288. The Morgan fingerprint density at radius 2 is 1.91 bits per heavy atom. The molecule has 33 heavy (non-hydrogen) atoms. The molecule has 4 amide bonds. The van der Waals surface area contributed by atoms with Crippen molar-refractivity contribution in [2.24, 2.45) is 11.8 Å². The minimum absolute atomic E-state index is 0.0615. The lowest BCUT2D eigenvalue weighted by atomic mass is 9.95. The minimum Gasteiger partial charge on any atom is -0.467 e. The summed E-state index contributed by atoms with van der Waals surface area (Å²) in [6, 6.07) is 3.57. The van der Waals surface area contributed by atoms with Crippen LogP contribution in [0.5, 0.6) is 0 Å². The highest BCUT2D eigenvalue weighted by molar-refractivity contribution is 5.89. The Hall–Kier alpha value is -3.04. The molecule has 3 rings (SSSR count). The first-order valence-corrected chi connectivity index (χ1v) is 11.5. The quantitative estimate of drug-likeness (QED) is 0.593. The Bertz CT molecular complexity index is 848. The fourth-order valence-electron chi connectivity index (χ4n) is 4.14. The highest BCUT2D eigenvalue weighted by Crippen LogP contribution is 2.25. The predicted octanol–water partition coefficient (Wildman–Crippen LogP) is 1.51. The van der Waals surface area contributed by atoms with E-state index in [0.29, 0.717) is 38.4 Å². The SMILES string of the molecule is CC(C)(C)OC(=O)NCCNC(=O)C1CCCN(C(=O)C2CC(=O)N(Cc3ccco3)C2)C1. The number of furan rings is 1. The van der Waals surface area contributed by atoms with Gasteiger partial charge in [0.1, 0.15) is 11.4 Å². The van der Waals surface area contributed by atoms with Crippen molar-refractivity contribution >= 4 is 23.8 Å². The number of hydrogen-bond acceptors (Lipinski definition) is 6. The van der Waals surface area contributed by atoms with Crippen LogP contribution in [0.3, 0.4) is 0 Å². The molecule has 10 nitrogen and oxygen atoms in total. The number of nitrogens with zero attached hydrogens (tertiary/aromatic N) is 2. The summed E-state index contributed by atoms with van der Waals surface area (Å²) in [5.41, 5.74) is -0.578. The molecule has 2 fully saturated rings. The van der Waals surface area contributed by atoms with Crippen molar-refractivity contribution in [1.29, 1.82) is 0 Å². The van der Waals surface area contributed by atoms with Crippen LogP contribution in [-0.2, 0) is 25.7 Å². The largest absolute Gasteiger partial charge is 0.467 e. The molecule has 2 aliphatic heterocycles. The summed E-state index contributed by atoms with van der Waals surface area (Å²) in [6.45, 7) is 7.53. The van der Waals surface area contributed by atoms with E-state index < -0.39 is 17.6 Å². The van der Waals surface area contributed by atoms with Crippen LogP contribution in [0.4, 0.5) is 4.79 Å². The Labute approximate surface area is 194 Å². The Morgan fingerprint density at radius 3 is 2.61 bits per heavy atom. The van der Waals surface area contributed by atoms with Gasteiger partial charge in [0.2, 0.25) is 17.7 Å². The molecule has 0 aliphatic carbocycles. The number of piperidine rings is 1. The van der Waals surface area contributed by atoms with Crippen molar-refractivity contribution in [2.45, 2.75) is 52.2 Å². The van der Waals surface area contributed by atoms with Gasteiger partial charge >= 0.3 is 6.09 Å². The van der Waals surface area contributed by atoms with Crippen LogP contribution >= 0.6 is 0 Å². The maximum absolute atomic E-state index is 13.0. The Balaban J connectivity index is 1.42. The van der Waals surface area contributed by atoms with E-state index in [9.17, 15) is 19.2 Å². The molecule has 2 aliphatic rings. The van der Waals surface area contributed by atoms with Crippen molar-refractivity contribution in [3.05, 3.63) is 24.2 Å². The van der Waals surface area contributed by atoms with Crippen LogP contribution in [0.15, 0.2) is 22.8 Å². The lowest BCUT2D eigenvalue weighted by Gasteiger charge is -2.33. The van der Waals surface area contributed by atoms with E-state index in [1.54, 1.807) is 49.0 Å². The highest BCUT2D eigenvalue weighted by atomic mass is 16.6. The van der Waals surface area contributed by atoms with Gasteiger partial charge in [0.15, 0.2) is 0 Å². The second kappa shape index (κ2) is 10.7. The van der Waals surface area contributed by atoms with E-state index in [0.717, 1.165) is 6.42 Å². The van der Waals surface area contributed by atoms with Crippen molar-refractivity contribution in [1.82, 2.24) is 20.4 Å². The highest BCUT2D eigenvalue weighted by Gasteiger charge is 2.38. The first kappa shape index (κ1) is 24.6. The van der Waals surface area contributed by atoms with E-state index in [-0.39, 0.29) is 43.1 Å². The number of alkyl carbamates (subject to hydrolysis) is 1. The van der Waals surface area contributed by atoms with Gasteiger partial charge in [0.25, 0.3) is 0 Å². The standard InChI is InChI=1S/C23H34N4O6/c1-23(2,3)33-22(31)25-9-8-24-20(29)16-6-4-10-26(13-16)21(30)17-12-19(28)27(14-17)15-18-7-5-11-32-18/h5,7,11,16-17H,4,6,8-10,12-15H2,1-3H3,(H,24,29)(H,25,31). The third-order valence-corrected chi connectivity index (χ3v) is 5.69. The molecule has 1 aromatic rings. The second-order valence-corrected chi connectivity index (χ2v) is 9.60. The normalized spacial score (nSPS) is 21.1. The molecule has 2 unspecified atom stereocenters. The van der Waals surface area contributed by atoms with Crippen LogP contribution in [-0.4, -0.2) is 71.9 Å². The zero-order chi connectivity index (χ0) is 24.0. The van der Waals surface area contributed by atoms with E-state index in [1.165, 1.54) is 0 Å². The number of likely N-dealkylation sites (tertiary alicyclic amines) is 2. The fourth-order valence-corrected chi connectivity index (χ4v) is 4.14. The average molecular weight is 463 g/mol. The molecule has 0 bridgehead atoms. The summed E-state index contributed by atoms with van der Waals surface area (Å²) in [7, 11) is 0. The third-order valence-electron chi connectivity index (χ3n) is 5.69. The zero-order valence-electron chi connectivity index (χ0n) is 19.6. The maximum Gasteiger partial charge on any atom is 0.407 e. The molecule has 0 saturated carbocycles. The lowest BCUT2D eigenvalue weighted by Crippen LogP contribution is -2.48. The van der Waals surface area contributed by atoms with E-state index >= 15 is 0 Å². The topological polar surface area (TPSA) is 121 Å². The lowest BCUT2D eigenvalue weighted by molar-refractivity contribution is -0.139. The number of ether oxygens (including phenoxy) is 1. The number of carbonyl (C=O) groups is 4. The van der Waals surface area contributed by atoms with Gasteiger partial charge in [-0.05, 0) is 45.7 Å². The maximum atomic E-state index is 13.0. The van der Waals surface area contributed by atoms with E-state index in [4.69, 9.17) is 9.15 Å². The van der Waals surface area contributed by atoms with Gasteiger partial charge in [0, 0.05) is 39.1 Å². The van der Waals surface area contributed by atoms with Crippen molar-refractivity contribution in [3.8, 4) is 0 Å². The van der Waals surface area contributed by atoms with Gasteiger partial charge in [0.05, 0.1) is 24.6 Å². The molecule has 0 radical (unpaired) electrons. The minimum atomic E-state index is -0.578. The van der Waals surface area contributed by atoms with Gasteiger partial charge in [-0.1, -0.05) is 0 Å². The van der Waals surface area contributed by atoms with E-state index in [2.05, 4.69) is 10.6 Å². The molecule has 2 N–H and O–H groups in total. The van der Waals surface area contributed by atoms with Crippen LogP contribution in [0.2, 0.25) is 0 Å². The summed E-state index contributed by atoms with van der Waals surface area (Å²) >= 11 is 0. The van der Waals surface area contributed by atoms with Gasteiger partial charge in [-0.2, -0.15) is 0 Å². The Morgan fingerprint density at radius 1 is 1.15 bits per heavy atom. The molecule has 0 spiro atoms. The molecule has 2 saturated heterocycles. The number of hydrogen-bond donors (Lipinski definition) is 2. The number of amides is 4. The Kier molecular flexibility index (Phi) is 7.99. The molecule has 2 atom stereocenters. The predicted molar refractivity (Wildman–Crippen MR) is 119 cm³/mol. The van der Waals surface area contributed by atoms with Gasteiger partial charge < -0.3 is 29.6 Å². The van der Waals surface area contributed by atoms with Crippen LogP contribution in [0.1, 0.15) is 45.8 Å². The first-order valence-electron chi connectivity index (χ1n) is 11.5. The monoisotopic (exact) mass is 462 g/mol. The van der Waals surface area contributed by atoms with E-state index in [1.807, 2.05) is 0 Å². The average Bonchev–Trinajstić information content (AvgIpc) is 3.39. The molecule has 10 heteroatoms. The number of rotatable bonds is 7. The molecule has 182 valence electrons. The second-order valence-electron chi connectivity index (χ2n) is 9.60. The molecular weight excluding hydrogens is 428 g/mol. The van der Waals surface area contributed by atoms with Crippen molar-refractivity contribution in [3.63, 3.8) is 0 Å². The third kappa shape index (κ3) is 7.23. The number of nitrogens with one attached hydrogen (secondary N) is 2. The van der Waals surface area contributed by atoms with Crippen LogP contribution < -0.4 is 10.6 Å². The summed E-state index contributed by atoms with van der Waals surface area (Å²) in [6.07, 6.45) is 2.65. The number of carbonyl (C=O) groups excluding carboxylic acids is 4. The molecule has 1 aromatic heterocycles. The summed E-state index contributed by atoms with van der Waals surface area (Å²) < 4.78 is 10.5. The summed E-state index contributed by atoms with van der Waals surface area (Å²) in [4.78, 5) is 53.0. The van der Waals surface area contributed by atoms with Gasteiger partial charge in [-0.25, -0.2) is 4.79 Å². The van der Waals surface area contributed by atoms with Crippen LogP contribution in [0.25, 0.3) is 0 Å². The molecule has 3 heterocycles. The smallest absolute Gasteiger partial charge is 0.407 e. The first-order chi connectivity index (χ1) is 15.6. The van der Waals surface area contributed by atoms with Crippen molar-refractivity contribution < 1.29 is 28.3 Å². The summed E-state index contributed by atoms with van der Waals surface area (Å²) in [5, 5.41) is 5.42. The van der Waals surface area contributed by atoms with Crippen LogP contribution in [0, 0.1) is 11.8 Å². The fraction of sp³-hybridized carbons (Fsp3) is 0.652. The van der Waals surface area contributed by atoms with Crippen molar-refractivity contribution in [2.75, 3.05) is 32.7 Å². The zero-order valence-corrected chi connectivity index (χ0v) is 19.6. The van der Waals surface area contributed by atoms with Gasteiger partial charge in [-0.3, -0.25) is 14.4 Å². The van der Waals surface area contributed by atoms with Gasteiger partial charge in [-0.15, -0.1) is 0 Å². The molecular formula is C23H34N4O6.